The number of hydrogen-bond donors (Lipinski definition) is 1. The van der Waals surface area contributed by atoms with Gasteiger partial charge in [-0.05, 0) is 48.4 Å². The Labute approximate surface area is 228 Å². The molecule has 1 fully saturated rings. The lowest BCUT2D eigenvalue weighted by Crippen LogP contribution is -2.49. The highest BCUT2D eigenvalue weighted by Crippen LogP contribution is 2.26. The zero-order valence-corrected chi connectivity index (χ0v) is 22.3. The summed E-state index contributed by atoms with van der Waals surface area (Å²) in [5, 5.41) is 9.42. The Balaban J connectivity index is 1.20. The number of benzene rings is 3. The van der Waals surface area contributed by atoms with Gasteiger partial charge in [-0.15, -0.1) is 5.10 Å². The molecule has 0 radical (unpaired) electrons. The van der Waals surface area contributed by atoms with Crippen LogP contribution < -0.4 is 15.8 Å². The molecule has 1 aliphatic heterocycles. The number of carbonyl (C=O) groups is 1. The topological polar surface area (TPSA) is 82.8 Å². The molecule has 38 heavy (non-hydrogen) atoms. The lowest BCUT2D eigenvalue weighted by atomic mass is 10.1. The van der Waals surface area contributed by atoms with Gasteiger partial charge in [0.2, 0.25) is 10.1 Å². The highest BCUT2D eigenvalue weighted by atomic mass is 35.5. The molecule has 1 aliphatic rings. The number of halogens is 1. The van der Waals surface area contributed by atoms with Crippen LogP contribution in [0.1, 0.15) is 21.5 Å². The van der Waals surface area contributed by atoms with Crippen LogP contribution in [0.2, 0.25) is 5.02 Å². The van der Waals surface area contributed by atoms with Crippen molar-refractivity contribution in [3.8, 4) is 0 Å². The molecule has 0 unspecified atom stereocenters. The minimum atomic E-state index is -0.251. The molecule has 6 rings (SSSR count). The molecule has 0 bridgehead atoms. The molecule has 1 saturated heterocycles. The number of nitrogens with one attached hydrogen (secondary N) is 1. The van der Waals surface area contributed by atoms with Crippen molar-refractivity contribution >= 4 is 55.5 Å². The van der Waals surface area contributed by atoms with Crippen molar-refractivity contribution in [2.75, 3.05) is 36.4 Å². The summed E-state index contributed by atoms with van der Waals surface area (Å²) in [6, 6.07) is 20.9. The molecular formula is C28H25ClN6O2S. The number of hydrogen-bond acceptors (Lipinski definition) is 7. The second kappa shape index (κ2) is 10.1. The van der Waals surface area contributed by atoms with Crippen LogP contribution in [0.5, 0.6) is 0 Å². The number of carbonyl (C=O) groups excluding carboxylic acids is 1. The van der Waals surface area contributed by atoms with Gasteiger partial charge in [-0.2, -0.15) is 4.52 Å². The van der Waals surface area contributed by atoms with Gasteiger partial charge < -0.3 is 15.1 Å². The maximum absolute atomic E-state index is 13.3. The summed E-state index contributed by atoms with van der Waals surface area (Å²) in [4.78, 5) is 35.7. The fourth-order valence-corrected chi connectivity index (χ4v) is 5.70. The fourth-order valence-electron chi connectivity index (χ4n) is 4.74. The minimum Gasteiger partial charge on any atom is -0.368 e. The number of piperazine rings is 1. The Morgan fingerprint density at radius 1 is 1.03 bits per heavy atom. The fraction of sp³-hybridized carbons (Fsp3) is 0.214. The second-order valence-corrected chi connectivity index (χ2v) is 10.7. The standard InChI is InChI=1S/C28H25ClN6O2S/c1-18-7-9-21(29)16-24(18)33-11-13-34(14-12-33)25(36)20-8-10-22-23(15-20)31-28-35(26(22)37)32-27(38-28)30-17-19-5-3-2-4-6-19/h2-10,15-16H,11-14,17H2,1H3,(H,30,32). The smallest absolute Gasteiger partial charge is 0.283 e. The molecule has 8 nitrogen and oxygen atoms in total. The molecule has 3 aromatic carbocycles. The Bertz CT molecular complexity index is 1710. The van der Waals surface area contributed by atoms with Crippen LogP contribution in [0.4, 0.5) is 10.8 Å². The zero-order valence-electron chi connectivity index (χ0n) is 20.7. The van der Waals surface area contributed by atoms with Crippen LogP contribution in [0.25, 0.3) is 15.9 Å². The number of rotatable bonds is 5. The quantitative estimate of drug-likeness (QED) is 0.341. The number of aryl methyl sites for hydroxylation is 1. The Morgan fingerprint density at radius 3 is 2.61 bits per heavy atom. The van der Waals surface area contributed by atoms with Crippen molar-refractivity contribution in [2.24, 2.45) is 0 Å². The van der Waals surface area contributed by atoms with E-state index >= 15 is 0 Å². The summed E-state index contributed by atoms with van der Waals surface area (Å²) in [6.45, 7) is 5.31. The van der Waals surface area contributed by atoms with E-state index in [9.17, 15) is 9.59 Å². The van der Waals surface area contributed by atoms with E-state index in [-0.39, 0.29) is 11.5 Å². The third-order valence-corrected chi connectivity index (χ3v) is 7.91. The van der Waals surface area contributed by atoms with Crippen LogP contribution in [-0.2, 0) is 6.54 Å². The first-order valence-corrected chi connectivity index (χ1v) is 13.6. The summed E-state index contributed by atoms with van der Waals surface area (Å²) < 4.78 is 1.32. The van der Waals surface area contributed by atoms with E-state index in [1.54, 1.807) is 18.2 Å². The summed E-state index contributed by atoms with van der Waals surface area (Å²) >= 11 is 7.51. The molecule has 0 spiro atoms. The van der Waals surface area contributed by atoms with E-state index in [1.807, 2.05) is 53.4 Å². The van der Waals surface area contributed by atoms with Gasteiger partial charge in [-0.3, -0.25) is 9.59 Å². The van der Waals surface area contributed by atoms with Crippen LogP contribution in [0.3, 0.4) is 0 Å². The average Bonchev–Trinajstić information content (AvgIpc) is 3.36. The van der Waals surface area contributed by atoms with Gasteiger partial charge in [0, 0.05) is 49.0 Å². The van der Waals surface area contributed by atoms with E-state index in [2.05, 4.69) is 27.2 Å². The highest BCUT2D eigenvalue weighted by molar-refractivity contribution is 7.20. The first-order valence-electron chi connectivity index (χ1n) is 12.4. The molecule has 10 heteroatoms. The molecule has 5 aromatic rings. The number of amides is 1. The summed E-state index contributed by atoms with van der Waals surface area (Å²) in [5.74, 6) is -0.0640. The van der Waals surface area contributed by atoms with Crippen LogP contribution in [0, 0.1) is 6.92 Å². The van der Waals surface area contributed by atoms with Crippen LogP contribution in [-0.4, -0.2) is 51.6 Å². The van der Waals surface area contributed by atoms with Gasteiger partial charge in [0.25, 0.3) is 11.5 Å². The predicted molar refractivity (Wildman–Crippen MR) is 153 cm³/mol. The van der Waals surface area contributed by atoms with E-state index < -0.39 is 0 Å². The molecule has 0 saturated carbocycles. The van der Waals surface area contributed by atoms with Crippen molar-refractivity contribution in [1.82, 2.24) is 19.5 Å². The molecule has 1 N–H and O–H groups in total. The third kappa shape index (κ3) is 4.70. The first-order chi connectivity index (χ1) is 18.5. The van der Waals surface area contributed by atoms with Crippen molar-refractivity contribution in [3.05, 3.63) is 98.8 Å². The lowest BCUT2D eigenvalue weighted by molar-refractivity contribution is 0.0747. The van der Waals surface area contributed by atoms with E-state index in [1.165, 1.54) is 15.9 Å². The maximum atomic E-state index is 13.3. The molecule has 192 valence electrons. The highest BCUT2D eigenvalue weighted by Gasteiger charge is 2.24. The van der Waals surface area contributed by atoms with Gasteiger partial charge >= 0.3 is 0 Å². The van der Waals surface area contributed by atoms with E-state index in [0.717, 1.165) is 29.9 Å². The molecular weight excluding hydrogens is 520 g/mol. The lowest BCUT2D eigenvalue weighted by Gasteiger charge is -2.37. The number of anilines is 2. The maximum Gasteiger partial charge on any atom is 0.283 e. The van der Waals surface area contributed by atoms with Gasteiger partial charge in [-0.25, -0.2) is 4.98 Å². The van der Waals surface area contributed by atoms with Gasteiger partial charge in [-0.1, -0.05) is 59.3 Å². The van der Waals surface area contributed by atoms with Crippen LogP contribution >= 0.6 is 22.9 Å². The number of fused-ring (bicyclic) bond motifs is 2. The minimum absolute atomic E-state index is 0.0640. The summed E-state index contributed by atoms with van der Waals surface area (Å²) in [6.07, 6.45) is 0. The van der Waals surface area contributed by atoms with E-state index in [4.69, 9.17) is 11.6 Å². The Hall–Kier alpha value is -3.95. The molecule has 1 amide bonds. The van der Waals surface area contributed by atoms with Crippen molar-refractivity contribution in [2.45, 2.75) is 13.5 Å². The van der Waals surface area contributed by atoms with Gasteiger partial charge in [0.05, 0.1) is 10.9 Å². The number of nitrogens with zero attached hydrogens (tertiary/aromatic N) is 5. The van der Waals surface area contributed by atoms with E-state index in [0.29, 0.717) is 51.2 Å². The molecule has 2 aromatic heterocycles. The van der Waals surface area contributed by atoms with Crippen molar-refractivity contribution < 1.29 is 4.79 Å². The number of aromatic nitrogens is 3. The first kappa shape index (κ1) is 24.4. The molecule has 0 aliphatic carbocycles. The average molecular weight is 545 g/mol. The van der Waals surface area contributed by atoms with Crippen molar-refractivity contribution in [1.29, 1.82) is 0 Å². The van der Waals surface area contributed by atoms with Gasteiger partial charge in [0.15, 0.2) is 0 Å². The zero-order chi connectivity index (χ0) is 26.2. The second-order valence-electron chi connectivity index (χ2n) is 9.30. The molecule has 0 atom stereocenters. The predicted octanol–water partition coefficient (Wildman–Crippen LogP) is 4.84. The van der Waals surface area contributed by atoms with Crippen molar-refractivity contribution in [3.63, 3.8) is 0 Å². The normalized spacial score (nSPS) is 13.8. The van der Waals surface area contributed by atoms with Gasteiger partial charge in [0.1, 0.15) is 0 Å². The summed E-state index contributed by atoms with van der Waals surface area (Å²) in [7, 11) is 0. The molecule has 3 heterocycles. The SMILES string of the molecule is Cc1ccc(Cl)cc1N1CCN(C(=O)c2ccc3c(=O)n4nc(NCc5ccccc5)sc4nc3c2)CC1. The van der Waals surface area contributed by atoms with Crippen LogP contribution in [0.15, 0.2) is 71.5 Å². The summed E-state index contributed by atoms with van der Waals surface area (Å²) in [5.41, 5.74) is 4.14. The Kier molecular flexibility index (Phi) is 6.47. The third-order valence-electron chi connectivity index (χ3n) is 6.81. The Morgan fingerprint density at radius 2 is 1.82 bits per heavy atom. The monoisotopic (exact) mass is 544 g/mol. The largest absolute Gasteiger partial charge is 0.368 e.